The summed E-state index contributed by atoms with van der Waals surface area (Å²) in [7, 11) is 1.70. The Bertz CT molecular complexity index is 675. The molecule has 0 atom stereocenters. The van der Waals surface area contributed by atoms with Crippen molar-refractivity contribution in [1.29, 1.82) is 0 Å². The average molecular weight is 406 g/mol. The second-order valence-electron chi connectivity index (χ2n) is 7.21. The van der Waals surface area contributed by atoms with Crippen LogP contribution in [0.4, 0.5) is 0 Å². The third-order valence-electron chi connectivity index (χ3n) is 4.74. The van der Waals surface area contributed by atoms with Crippen LogP contribution in [-0.2, 0) is 13.2 Å². The first-order chi connectivity index (χ1) is 13.2. The number of unbranched alkanes of at least 4 members (excludes halogenated alkanes) is 5. The topological polar surface area (TPSA) is 30.5 Å². The van der Waals surface area contributed by atoms with Crippen molar-refractivity contribution in [1.82, 2.24) is 5.32 Å². The summed E-state index contributed by atoms with van der Waals surface area (Å²) >= 11 is 0. The highest BCUT2D eigenvalue weighted by Gasteiger charge is 2.06. The Morgan fingerprint density at radius 3 is 2.39 bits per heavy atom. The van der Waals surface area contributed by atoms with E-state index in [4.69, 9.17) is 9.47 Å². The van der Waals surface area contributed by atoms with Crippen molar-refractivity contribution < 1.29 is 9.47 Å². The van der Waals surface area contributed by atoms with Crippen molar-refractivity contribution in [2.45, 2.75) is 65.5 Å². The standard InChI is InChI=1S/C24H35NO2.ClH/c1-4-5-6-7-8-9-15-25-18-21-13-14-23(24(17-21)26-3)27-19-22-12-10-11-20(2)16-22;/h10-14,16-17,25H,4-9,15,18-19H2,1-3H3;1H. The van der Waals surface area contributed by atoms with Gasteiger partial charge in [0.1, 0.15) is 6.61 Å². The molecule has 0 heterocycles. The summed E-state index contributed by atoms with van der Waals surface area (Å²) in [6.45, 7) is 6.84. The van der Waals surface area contributed by atoms with Gasteiger partial charge in [0.15, 0.2) is 11.5 Å². The fourth-order valence-corrected chi connectivity index (χ4v) is 3.17. The maximum absolute atomic E-state index is 5.97. The van der Waals surface area contributed by atoms with Gasteiger partial charge in [-0.3, -0.25) is 0 Å². The quantitative estimate of drug-likeness (QED) is 0.388. The first kappa shape index (κ1) is 24.3. The van der Waals surface area contributed by atoms with Crippen LogP contribution in [-0.4, -0.2) is 13.7 Å². The number of rotatable bonds is 13. The van der Waals surface area contributed by atoms with Gasteiger partial charge < -0.3 is 14.8 Å². The van der Waals surface area contributed by atoms with Crippen molar-refractivity contribution in [2.75, 3.05) is 13.7 Å². The number of aryl methyl sites for hydroxylation is 1. The van der Waals surface area contributed by atoms with E-state index < -0.39 is 0 Å². The molecule has 2 aromatic rings. The summed E-state index contributed by atoms with van der Waals surface area (Å²) in [4.78, 5) is 0. The molecular formula is C24H36ClNO2. The first-order valence-corrected chi connectivity index (χ1v) is 10.3. The lowest BCUT2D eigenvalue weighted by Crippen LogP contribution is -2.14. The summed E-state index contributed by atoms with van der Waals surface area (Å²) in [5, 5.41) is 3.53. The van der Waals surface area contributed by atoms with E-state index in [0.717, 1.165) is 24.6 Å². The Morgan fingerprint density at radius 1 is 0.857 bits per heavy atom. The molecular weight excluding hydrogens is 370 g/mol. The zero-order chi connectivity index (χ0) is 19.3. The Hall–Kier alpha value is -1.71. The largest absolute Gasteiger partial charge is 0.493 e. The van der Waals surface area contributed by atoms with E-state index in [-0.39, 0.29) is 12.4 Å². The molecule has 4 heteroatoms. The molecule has 3 nitrogen and oxygen atoms in total. The number of hydrogen-bond acceptors (Lipinski definition) is 3. The molecule has 0 aliphatic heterocycles. The zero-order valence-electron chi connectivity index (χ0n) is 17.6. The predicted octanol–water partition coefficient (Wildman–Crippen LogP) is 6.45. The Kier molecular flexibility index (Phi) is 12.4. The normalized spacial score (nSPS) is 10.4. The lowest BCUT2D eigenvalue weighted by atomic mass is 10.1. The molecule has 0 bridgehead atoms. The van der Waals surface area contributed by atoms with Crippen molar-refractivity contribution >= 4 is 12.4 Å². The predicted molar refractivity (Wildman–Crippen MR) is 121 cm³/mol. The van der Waals surface area contributed by atoms with Gasteiger partial charge in [0.2, 0.25) is 0 Å². The molecule has 0 amide bonds. The summed E-state index contributed by atoms with van der Waals surface area (Å²) in [6.07, 6.45) is 7.98. The molecule has 28 heavy (non-hydrogen) atoms. The zero-order valence-corrected chi connectivity index (χ0v) is 18.4. The van der Waals surface area contributed by atoms with E-state index in [1.807, 2.05) is 6.07 Å². The monoisotopic (exact) mass is 405 g/mol. The van der Waals surface area contributed by atoms with Crippen LogP contribution in [0.2, 0.25) is 0 Å². The van der Waals surface area contributed by atoms with Crippen LogP contribution in [0.5, 0.6) is 11.5 Å². The van der Waals surface area contributed by atoms with Gasteiger partial charge >= 0.3 is 0 Å². The SMILES string of the molecule is CCCCCCCCNCc1ccc(OCc2cccc(C)c2)c(OC)c1.Cl. The lowest BCUT2D eigenvalue weighted by Gasteiger charge is -2.13. The van der Waals surface area contributed by atoms with E-state index in [1.165, 1.54) is 55.2 Å². The minimum absolute atomic E-state index is 0. The fourth-order valence-electron chi connectivity index (χ4n) is 3.17. The summed E-state index contributed by atoms with van der Waals surface area (Å²) in [6, 6.07) is 14.6. The van der Waals surface area contributed by atoms with Gasteiger partial charge in [-0.2, -0.15) is 0 Å². The van der Waals surface area contributed by atoms with E-state index in [1.54, 1.807) is 7.11 Å². The van der Waals surface area contributed by atoms with E-state index in [0.29, 0.717) is 6.61 Å². The third-order valence-corrected chi connectivity index (χ3v) is 4.74. The van der Waals surface area contributed by atoms with E-state index >= 15 is 0 Å². The molecule has 156 valence electrons. The van der Waals surface area contributed by atoms with Gasteiger partial charge in [-0.15, -0.1) is 12.4 Å². The van der Waals surface area contributed by atoms with Crippen LogP contribution >= 0.6 is 12.4 Å². The molecule has 2 rings (SSSR count). The number of ether oxygens (including phenoxy) is 2. The van der Waals surface area contributed by atoms with Gasteiger partial charge in [0.05, 0.1) is 7.11 Å². The second kappa shape index (κ2) is 14.3. The first-order valence-electron chi connectivity index (χ1n) is 10.3. The molecule has 0 saturated carbocycles. The van der Waals surface area contributed by atoms with Crippen molar-refractivity contribution in [3.63, 3.8) is 0 Å². The van der Waals surface area contributed by atoms with Crippen LogP contribution < -0.4 is 14.8 Å². The van der Waals surface area contributed by atoms with Gasteiger partial charge in [-0.25, -0.2) is 0 Å². The highest BCUT2D eigenvalue weighted by molar-refractivity contribution is 5.85. The molecule has 0 aromatic heterocycles. The third kappa shape index (κ3) is 8.99. The molecule has 2 aromatic carbocycles. The minimum Gasteiger partial charge on any atom is -0.493 e. The number of nitrogens with one attached hydrogen (secondary N) is 1. The van der Waals surface area contributed by atoms with Crippen LogP contribution in [0.1, 0.15) is 62.1 Å². The highest BCUT2D eigenvalue weighted by atomic mass is 35.5. The number of halogens is 1. The van der Waals surface area contributed by atoms with Gasteiger partial charge in [-0.1, -0.05) is 74.9 Å². The van der Waals surface area contributed by atoms with Crippen LogP contribution in [0.15, 0.2) is 42.5 Å². The number of hydrogen-bond donors (Lipinski definition) is 1. The highest BCUT2D eigenvalue weighted by Crippen LogP contribution is 2.29. The van der Waals surface area contributed by atoms with Crippen molar-refractivity contribution in [3.8, 4) is 11.5 Å². The molecule has 0 fully saturated rings. The van der Waals surface area contributed by atoms with Gasteiger partial charge in [0, 0.05) is 6.54 Å². The molecule has 0 saturated heterocycles. The van der Waals surface area contributed by atoms with Gasteiger partial charge in [-0.05, 0) is 43.1 Å². The van der Waals surface area contributed by atoms with Gasteiger partial charge in [0.25, 0.3) is 0 Å². The van der Waals surface area contributed by atoms with Crippen LogP contribution in [0.25, 0.3) is 0 Å². The Morgan fingerprint density at radius 2 is 1.64 bits per heavy atom. The molecule has 0 aliphatic carbocycles. The summed E-state index contributed by atoms with van der Waals surface area (Å²) in [5.41, 5.74) is 3.64. The summed E-state index contributed by atoms with van der Waals surface area (Å²) in [5.74, 6) is 1.58. The average Bonchev–Trinajstić information content (AvgIpc) is 2.69. The van der Waals surface area contributed by atoms with Crippen LogP contribution in [0, 0.1) is 6.92 Å². The smallest absolute Gasteiger partial charge is 0.161 e. The Balaban J connectivity index is 0.00000392. The number of methoxy groups -OCH3 is 1. The maximum Gasteiger partial charge on any atom is 0.161 e. The van der Waals surface area contributed by atoms with E-state index in [9.17, 15) is 0 Å². The van der Waals surface area contributed by atoms with E-state index in [2.05, 4.69) is 55.6 Å². The second-order valence-corrected chi connectivity index (χ2v) is 7.21. The van der Waals surface area contributed by atoms with Crippen LogP contribution in [0.3, 0.4) is 0 Å². The van der Waals surface area contributed by atoms with Crippen molar-refractivity contribution in [2.24, 2.45) is 0 Å². The fraction of sp³-hybridized carbons (Fsp3) is 0.500. The minimum atomic E-state index is 0. The molecule has 0 spiro atoms. The molecule has 0 aliphatic rings. The summed E-state index contributed by atoms with van der Waals surface area (Å²) < 4.78 is 11.5. The molecule has 1 N–H and O–H groups in total. The lowest BCUT2D eigenvalue weighted by molar-refractivity contribution is 0.284. The Labute approximate surface area is 177 Å². The molecule has 0 unspecified atom stereocenters. The maximum atomic E-state index is 5.97. The van der Waals surface area contributed by atoms with Crippen molar-refractivity contribution in [3.05, 3.63) is 59.2 Å². The molecule has 0 radical (unpaired) electrons. The number of benzene rings is 2.